The van der Waals surface area contributed by atoms with Crippen molar-refractivity contribution < 1.29 is 14.3 Å². The van der Waals surface area contributed by atoms with Gasteiger partial charge in [-0.05, 0) is 33.6 Å². The molecule has 0 unspecified atom stereocenters. The monoisotopic (exact) mass is 398 g/mol. The van der Waals surface area contributed by atoms with Crippen molar-refractivity contribution in [3.05, 3.63) is 62.5 Å². The summed E-state index contributed by atoms with van der Waals surface area (Å²) in [6, 6.07) is 13.3. The van der Waals surface area contributed by atoms with Gasteiger partial charge in [-0.2, -0.15) is 0 Å². The standard InChI is InChI=1S/C15H12Br2O3/c1-19-15(18)12-7-11(16)8-13(17)14(12)20-9-10-5-3-2-4-6-10/h2-8H,9H2,1H3. The zero-order valence-electron chi connectivity index (χ0n) is 10.7. The summed E-state index contributed by atoms with van der Waals surface area (Å²) in [4.78, 5) is 11.8. The van der Waals surface area contributed by atoms with Gasteiger partial charge in [0.05, 0.1) is 11.6 Å². The number of hydrogen-bond donors (Lipinski definition) is 0. The van der Waals surface area contributed by atoms with E-state index in [1.54, 1.807) is 6.07 Å². The summed E-state index contributed by atoms with van der Waals surface area (Å²) in [5.41, 5.74) is 1.41. The van der Waals surface area contributed by atoms with E-state index >= 15 is 0 Å². The highest BCUT2D eigenvalue weighted by atomic mass is 79.9. The molecule has 20 heavy (non-hydrogen) atoms. The first-order valence-corrected chi connectivity index (χ1v) is 7.44. The van der Waals surface area contributed by atoms with Crippen LogP contribution in [0.3, 0.4) is 0 Å². The fraction of sp³-hybridized carbons (Fsp3) is 0.133. The van der Waals surface area contributed by atoms with Crippen LogP contribution < -0.4 is 4.74 Å². The van der Waals surface area contributed by atoms with Crippen molar-refractivity contribution in [3.8, 4) is 5.75 Å². The van der Waals surface area contributed by atoms with Crippen LogP contribution in [0.1, 0.15) is 15.9 Å². The zero-order valence-corrected chi connectivity index (χ0v) is 13.9. The predicted molar refractivity (Wildman–Crippen MR) is 84.0 cm³/mol. The van der Waals surface area contributed by atoms with Crippen LogP contribution in [0.5, 0.6) is 5.75 Å². The van der Waals surface area contributed by atoms with Crippen molar-refractivity contribution in [2.45, 2.75) is 6.61 Å². The summed E-state index contributed by atoms with van der Waals surface area (Å²) >= 11 is 6.75. The molecule has 104 valence electrons. The lowest BCUT2D eigenvalue weighted by Crippen LogP contribution is -2.06. The number of halogens is 2. The van der Waals surface area contributed by atoms with E-state index in [-0.39, 0.29) is 0 Å². The SMILES string of the molecule is COC(=O)c1cc(Br)cc(Br)c1OCc1ccccc1. The number of hydrogen-bond acceptors (Lipinski definition) is 3. The maximum absolute atomic E-state index is 11.8. The van der Waals surface area contributed by atoms with Crippen LogP contribution in [-0.4, -0.2) is 13.1 Å². The summed E-state index contributed by atoms with van der Waals surface area (Å²) in [5, 5.41) is 0. The zero-order chi connectivity index (χ0) is 14.5. The first-order chi connectivity index (χ1) is 9.61. The number of carbonyl (C=O) groups excluding carboxylic acids is 1. The molecule has 5 heteroatoms. The van der Waals surface area contributed by atoms with Crippen LogP contribution in [0.25, 0.3) is 0 Å². The van der Waals surface area contributed by atoms with Crippen LogP contribution in [0, 0.1) is 0 Å². The molecule has 0 saturated carbocycles. The minimum absolute atomic E-state index is 0.379. The normalized spacial score (nSPS) is 10.2. The highest BCUT2D eigenvalue weighted by Gasteiger charge is 2.17. The third-order valence-electron chi connectivity index (χ3n) is 2.64. The maximum Gasteiger partial charge on any atom is 0.341 e. The lowest BCUT2D eigenvalue weighted by atomic mass is 10.2. The van der Waals surface area contributed by atoms with Gasteiger partial charge in [0, 0.05) is 4.47 Å². The van der Waals surface area contributed by atoms with Gasteiger partial charge in [0.1, 0.15) is 17.9 Å². The summed E-state index contributed by atoms with van der Waals surface area (Å²) in [6.07, 6.45) is 0. The van der Waals surface area contributed by atoms with E-state index in [4.69, 9.17) is 9.47 Å². The van der Waals surface area contributed by atoms with Crippen LogP contribution >= 0.6 is 31.9 Å². The molecule has 0 saturated heterocycles. The Morgan fingerprint density at radius 3 is 2.50 bits per heavy atom. The summed E-state index contributed by atoms with van der Waals surface area (Å²) in [7, 11) is 1.35. The Hall–Kier alpha value is -1.33. The number of rotatable bonds is 4. The average Bonchev–Trinajstić information content (AvgIpc) is 2.46. The summed E-state index contributed by atoms with van der Waals surface area (Å²) < 4.78 is 12.0. The highest BCUT2D eigenvalue weighted by Crippen LogP contribution is 2.34. The lowest BCUT2D eigenvalue weighted by molar-refractivity contribution is 0.0595. The lowest BCUT2D eigenvalue weighted by Gasteiger charge is -2.13. The van der Waals surface area contributed by atoms with Crippen LogP contribution in [0.4, 0.5) is 0 Å². The first-order valence-electron chi connectivity index (χ1n) is 5.86. The van der Waals surface area contributed by atoms with Gasteiger partial charge in [0.2, 0.25) is 0 Å². The first kappa shape index (κ1) is 15.1. The van der Waals surface area contributed by atoms with E-state index in [0.717, 1.165) is 10.0 Å². The van der Waals surface area contributed by atoms with E-state index in [9.17, 15) is 4.79 Å². The fourth-order valence-corrected chi connectivity index (χ4v) is 3.04. The van der Waals surface area contributed by atoms with E-state index in [1.807, 2.05) is 36.4 Å². The van der Waals surface area contributed by atoms with Crippen LogP contribution in [0.15, 0.2) is 51.4 Å². The Morgan fingerprint density at radius 1 is 1.15 bits per heavy atom. The number of esters is 1. The van der Waals surface area contributed by atoms with Crippen molar-refractivity contribution in [2.24, 2.45) is 0 Å². The van der Waals surface area contributed by atoms with Gasteiger partial charge >= 0.3 is 5.97 Å². The second-order valence-corrected chi connectivity index (χ2v) is 5.80. The molecule has 0 atom stereocenters. The van der Waals surface area contributed by atoms with Crippen molar-refractivity contribution in [1.82, 2.24) is 0 Å². The van der Waals surface area contributed by atoms with Crippen molar-refractivity contribution in [1.29, 1.82) is 0 Å². The molecule has 2 rings (SSSR count). The molecule has 3 nitrogen and oxygen atoms in total. The van der Waals surface area contributed by atoms with E-state index < -0.39 is 5.97 Å². The molecular weight excluding hydrogens is 388 g/mol. The second kappa shape index (κ2) is 6.90. The molecule has 0 N–H and O–H groups in total. The van der Waals surface area contributed by atoms with E-state index in [1.165, 1.54) is 7.11 Å². The number of benzene rings is 2. The van der Waals surface area contributed by atoms with Gasteiger partial charge in [-0.1, -0.05) is 46.3 Å². The molecule has 2 aromatic rings. The average molecular weight is 400 g/mol. The van der Waals surface area contributed by atoms with Gasteiger partial charge in [-0.15, -0.1) is 0 Å². The fourth-order valence-electron chi connectivity index (χ4n) is 1.70. The summed E-state index contributed by atoms with van der Waals surface area (Å²) in [5.74, 6) is 0.0407. The van der Waals surface area contributed by atoms with Crippen molar-refractivity contribution >= 4 is 37.8 Å². The van der Waals surface area contributed by atoms with Crippen LogP contribution in [-0.2, 0) is 11.3 Å². The molecular formula is C15H12Br2O3. The second-order valence-electron chi connectivity index (χ2n) is 4.03. The Kier molecular flexibility index (Phi) is 5.20. The molecule has 0 aliphatic rings. The Bertz CT molecular complexity index is 612. The van der Waals surface area contributed by atoms with Gasteiger partial charge in [0.25, 0.3) is 0 Å². The molecule has 0 heterocycles. The molecule has 0 aliphatic carbocycles. The van der Waals surface area contributed by atoms with Gasteiger partial charge in [0.15, 0.2) is 0 Å². The Balaban J connectivity index is 2.28. The van der Waals surface area contributed by atoms with Gasteiger partial charge < -0.3 is 9.47 Å². The molecule has 0 aliphatic heterocycles. The quantitative estimate of drug-likeness (QED) is 0.706. The molecule has 0 fully saturated rings. The van der Waals surface area contributed by atoms with Gasteiger partial charge in [-0.3, -0.25) is 0 Å². The maximum atomic E-state index is 11.8. The smallest absolute Gasteiger partial charge is 0.341 e. The van der Waals surface area contributed by atoms with Gasteiger partial charge in [-0.25, -0.2) is 4.79 Å². The van der Waals surface area contributed by atoms with Crippen molar-refractivity contribution in [2.75, 3.05) is 7.11 Å². The molecule has 2 aromatic carbocycles. The third kappa shape index (κ3) is 3.61. The topological polar surface area (TPSA) is 35.5 Å². The minimum Gasteiger partial charge on any atom is -0.487 e. The van der Waals surface area contributed by atoms with E-state index in [0.29, 0.717) is 22.4 Å². The molecule has 0 bridgehead atoms. The molecule has 0 amide bonds. The molecule has 0 spiro atoms. The minimum atomic E-state index is -0.435. The van der Waals surface area contributed by atoms with Crippen molar-refractivity contribution in [3.63, 3.8) is 0 Å². The molecule has 0 aromatic heterocycles. The van der Waals surface area contributed by atoms with Crippen LogP contribution in [0.2, 0.25) is 0 Å². The molecule has 0 radical (unpaired) electrons. The number of ether oxygens (including phenoxy) is 2. The predicted octanol–water partition coefficient (Wildman–Crippen LogP) is 4.58. The number of carbonyl (C=O) groups is 1. The Morgan fingerprint density at radius 2 is 1.85 bits per heavy atom. The number of methoxy groups -OCH3 is 1. The summed E-state index contributed by atoms with van der Waals surface area (Å²) in [6.45, 7) is 0.380. The third-order valence-corrected chi connectivity index (χ3v) is 3.69. The van der Waals surface area contributed by atoms with E-state index in [2.05, 4.69) is 31.9 Å². The largest absolute Gasteiger partial charge is 0.487 e. The Labute approximate surface area is 134 Å². The highest BCUT2D eigenvalue weighted by molar-refractivity contribution is 9.11.